The van der Waals surface area contributed by atoms with Crippen LogP contribution in [0.25, 0.3) is 0 Å². The maximum atomic E-state index is 12.2. The van der Waals surface area contributed by atoms with E-state index < -0.39 is 0 Å². The number of amides is 1. The summed E-state index contributed by atoms with van der Waals surface area (Å²) in [6, 6.07) is 9.94. The van der Waals surface area contributed by atoms with Crippen LogP contribution in [-0.2, 0) is 4.79 Å². The number of aromatic nitrogens is 1. The number of piperazine rings is 1. The Bertz CT molecular complexity index is 722. The molecule has 2 N–H and O–H groups in total. The number of benzene rings is 1. The first kappa shape index (κ1) is 20.2. The summed E-state index contributed by atoms with van der Waals surface area (Å²) in [4.78, 5) is 14.5. The van der Waals surface area contributed by atoms with Crippen molar-refractivity contribution in [3.63, 3.8) is 0 Å². The molecule has 26 heavy (non-hydrogen) atoms. The van der Waals surface area contributed by atoms with Gasteiger partial charge in [-0.1, -0.05) is 23.4 Å². The van der Waals surface area contributed by atoms with Crippen molar-refractivity contribution in [3.8, 4) is 5.75 Å². The molecule has 1 aliphatic heterocycles. The Labute approximate surface area is 159 Å². The van der Waals surface area contributed by atoms with Crippen molar-refractivity contribution < 1.29 is 14.1 Å². The minimum Gasteiger partial charge on any atom is -0.496 e. The molecule has 1 fully saturated rings. The summed E-state index contributed by atoms with van der Waals surface area (Å²) in [5.41, 5.74) is 1.14. The Hall–Kier alpha value is -2.09. The number of para-hydroxylation sites is 1. The zero-order valence-electron chi connectivity index (χ0n) is 15.0. The molecule has 1 saturated heterocycles. The van der Waals surface area contributed by atoms with E-state index in [0.29, 0.717) is 24.5 Å². The number of ether oxygens (including phenoxy) is 1. The predicted octanol–water partition coefficient (Wildman–Crippen LogP) is 2.39. The number of nitrogens with zero attached hydrogens (tertiary/aromatic N) is 2. The molecular formula is C18H25ClN4O3. The third-order valence-electron chi connectivity index (χ3n) is 4.37. The van der Waals surface area contributed by atoms with E-state index in [-0.39, 0.29) is 24.4 Å². The van der Waals surface area contributed by atoms with Crippen LogP contribution in [-0.4, -0.2) is 49.3 Å². The molecular weight excluding hydrogens is 356 g/mol. The maximum absolute atomic E-state index is 12.2. The first-order chi connectivity index (χ1) is 12.2. The summed E-state index contributed by atoms with van der Waals surface area (Å²) < 4.78 is 10.5. The van der Waals surface area contributed by atoms with Gasteiger partial charge in [0.1, 0.15) is 11.5 Å². The number of rotatable bonds is 6. The van der Waals surface area contributed by atoms with E-state index in [1.165, 1.54) is 0 Å². The standard InChI is InChI=1S/C18H24N4O3.ClH/c1-13-11-17(21-25-13)20-18(23)7-9-22-10-8-19-12-15(22)14-5-3-4-6-16(14)24-2;/h3-6,11,15,19H,7-10,12H2,1-2H3,(H,20,21,23);1H. The number of anilines is 1. The van der Waals surface area contributed by atoms with Crippen LogP contribution < -0.4 is 15.4 Å². The second kappa shape index (κ2) is 9.56. The molecule has 1 aliphatic rings. The molecule has 8 heteroatoms. The minimum atomic E-state index is -0.0643. The fourth-order valence-corrected chi connectivity index (χ4v) is 3.14. The van der Waals surface area contributed by atoms with Gasteiger partial charge in [-0.25, -0.2) is 0 Å². The van der Waals surface area contributed by atoms with Crippen molar-refractivity contribution in [3.05, 3.63) is 41.7 Å². The van der Waals surface area contributed by atoms with Crippen molar-refractivity contribution in [1.29, 1.82) is 0 Å². The third kappa shape index (κ3) is 4.97. The van der Waals surface area contributed by atoms with Crippen LogP contribution in [0.3, 0.4) is 0 Å². The number of methoxy groups -OCH3 is 1. The van der Waals surface area contributed by atoms with Gasteiger partial charge in [0.25, 0.3) is 0 Å². The summed E-state index contributed by atoms with van der Waals surface area (Å²) in [7, 11) is 1.69. The van der Waals surface area contributed by atoms with Crippen LogP contribution >= 0.6 is 12.4 Å². The van der Waals surface area contributed by atoms with Gasteiger partial charge < -0.3 is 19.9 Å². The van der Waals surface area contributed by atoms with Gasteiger partial charge in [-0.15, -0.1) is 12.4 Å². The predicted molar refractivity (Wildman–Crippen MR) is 102 cm³/mol. The lowest BCUT2D eigenvalue weighted by Crippen LogP contribution is -2.46. The smallest absolute Gasteiger partial charge is 0.226 e. The highest BCUT2D eigenvalue weighted by Gasteiger charge is 2.26. The first-order valence-corrected chi connectivity index (χ1v) is 8.48. The largest absolute Gasteiger partial charge is 0.496 e. The van der Waals surface area contributed by atoms with Crippen LogP contribution in [0.1, 0.15) is 23.8 Å². The highest BCUT2D eigenvalue weighted by molar-refractivity contribution is 5.89. The maximum Gasteiger partial charge on any atom is 0.226 e. The van der Waals surface area contributed by atoms with E-state index in [1.807, 2.05) is 18.2 Å². The highest BCUT2D eigenvalue weighted by atomic mass is 35.5. The van der Waals surface area contributed by atoms with Crippen LogP contribution in [0, 0.1) is 6.92 Å². The summed E-state index contributed by atoms with van der Waals surface area (Å²) >= 11 is 0. The van der Waals surface area contributed by atoms with E-state index in [4.69, 9.17) is 9.26 Å². The molecule has 1 unspecified atom stereocenters. The van der Waals surface area contributed by atoms with Crippen LogP contribution in [0.4, 0.5) is 5.82 Å². The lowest BCUT2D eigenvalue weighted by molar-refractivity contribution is -0.116. The fourth-order valence-electron chi connectivity index (χ4n) is 3.14. The zero-order chi connectivity index (χ0) is 17.6. The SMILES string of the molecule is COc1ccccc1C1CNCCN1CCC(=O)Nc1cc(C)on1.Cl. The van der Waals surface area contributed by atoms with Crippen molar-refractivity contribution in [1.82, 2.24) is 15.4 Å². The first-order valence-electron chi connectivity index (χ1n) is 8.48. The van der Waals surface area contributed by atoms with Gasteiger partial charge in [0, 0.05) is 44.2 Å². The average Bonchev–Trinajstić information content (AvgIpc) is 3.05. The zero-order valence-corrected chi connectivity index (χ0v) is 15.8. The lowest BCUT2D eigenvalue weighted by atomic mass is 10.0. The third-order valence-corrected chi connectivity index (χ3v) is 4.37. The Balaban J connectivity index is 0.00000243. The van der Waals surface area contributed by atoms with E-state index >= 15 is 0 Å². The Kier molecular flexibility index (Phi) is 7.44. The quantitative estimate of drug-likeness (QED) is 0.801. The Morgan fingerprint density at radius 3 is 3.00 bits per heavy atom. The number of nitrogens with one attached hydrogen (secondary N) is 2. The van der Waals surface area contributed by atoms with Crippen LogP contribution in [0.2, 0.25) is 0 Å². The molecule has 2 heterocycles. The normalized spacial score (nSPS) is 17.4. The number of hydrogen-bond acceptors (Lipinski definition) is 6. The van der Waals surface area contributed by atoms with E-state index in [0.717, 1.165) is 30.9 Å². The minimum absolute atomic E-state index is 0. The fraction of sp³-hybridized carbons (Fsp3) is 0.444. The number of hydrogen-bond donors (Lipinski definition) is 2. The van der Waals surface area contributed by atoms with Gasteiger partial charge in [-0.2, -0.15) is 0 Å². The van der Waals surface area contributed by atoms with Gasteiger partial charge in [0.2, 0.25) is 5.91 Å². The van der Waals surface area contributed by atoms with Gasteiger partial charge in [0.15, 0.2) is 5.82 Å². The van der Waals surface area contributed by atoms with Crippen molar-refractivity contribution in [2.45, 2.75) is 19.4 Å². The van der Waals surface area contributed by atoms with Crippen molar-refractivity contribution in [2.75, 3.05) is 38.6 Å². The summed E-state index contributed by atoms with van der Waals surface area (Å²) in [6.07, 6.45) is 0.400. The highest BCUT2D eigenvalue weighted by Crippen LogP contribution is 2.30. The molecule has 1 aromatic carbocycles. The Morgan fingerprint density at radius 1 is 1.46 bits per heavy atom. The van der Waals surface area contributed by atoms with Crippen LogP contribution in [0.5, 0.6) is 5.75 Å². The number of carbonyl (C=O) groups is 1. The van der Waals surface area contributed by atoms with Gasteiger partial charge in [-0.3, -0.25) is 9.69 Å². The molecule has 0 saturated carbocycles. The van der Waals surface area contributed by atoms with Gasteiger partial charge >= 0.3 is 0 Å². The summed E-state index contributed by atoms with van der Waals surface area (Å²) in [5.74, 6) is 1.95. The van der Waals surface area contributed by atoms with E-state index in [2.05, 4.69) is 26.8 Å². The summed E-state index contributed by atoms with van der Waals surface area (Å²) in [5, 5.41) is 9.98. The molecule has 3 rings (SSSR count). The topological polar surface area (TPSA) is 79.6 Å². The molecule has 142 valence electrons. The van der Waals surface area contributed by atoms with Crippen LogP contribution in [0.15, 0.2) is 34.9 Å². The number of halogens is 1. The molecule has 7 nitrogen and oxygen atoms in total. The second-order valence-electron chi connectivity index (χ2n) is 6.12. The van der Waals surface area contributed by atoms with Gasteiger partial charge in [0.05, 0.1) is 13.2 Å². The molecule has 1 amide bonds. The lowest BCUT2D eigenvalue weighted by Gasteiger charge is -2.36. The molecule has 1 aromatic heterocycles. The van der Waals surface area contributed by atoms with Gasteiger partial charge in [-0.05, 0) is 13.0 Å². The summed E-state index contributed by atoms with van der Waals surface area (Å²) in [6.45, 7) is 5.10. The number of aryl methyl sites for hydroxylation is 1. The number of carbonyl (C=O) groups excluding carboxylic acids is 1. The molecule has 0 bridgehead atoms. The van der Waals surface area contributed by atoms with Crippen molar-refractivity contribution >= 4 is 24.1 Å². The average molecular weight is 381 g/mol. The monoisotopic (exact) mass is 380 g/mol. The molecule has 0 aliphatic carbocycles. The molecule has 1 atom stereocenters. The second-order valence-corrected chi connectivity index (χ2v) is 6.12. The molecule has 2 aromatic rings. The Morgan fingerprint density at radius 2 is 2.27 bits per heavy atom. The van der Waals surface area contributed by atoms with E-state index in [9.17, 15) is 4.79 Å². The van der Waals surface area contributed by atoms with Crippen molar-refractivity contribution in [2.24, 2.45) is 0 Å². The molecule has 0 radical (unpaired) electrons. The van der Waals surface area contributed by atoms with E-state index in [1.54, 1.807) is 20.1 Å². The molecule has 0 spiro atoms.